The molecule has 0 spiro atoms. The molecule has 1 saturated heterocycles. The maximum atomic E-state index is 11.5. The van der Waals surface area contributed by atoms with Gasteiger partial charge in [-0.15, -0.1) is 0 Å². The Morgan fingerprint density at radius 3 is 2.14 bits per heavy atom. The molecule has 0 aromatic heterocycles. The van der Waals surface area contributed by atoms with E-state index in [1.54, 1.807) is 0 Å². The van der Waals surface area contributed by atoms with Crippen LogP contribution in [0.1, 0.15) is 40.5 Å². The Kier molecular flexibility index (Phi) is 3.97. The molecule has 0 bridgehead atoms. The van der Waals surface area contributed by atoms with Crippen LogP contribution in [0.25, 0.3) is 0 Å². The number of carbonyl (C=O) groups is 1. The molecule has 14 heavy (non-hydrogen) atoms. The van der Waals surface area contributed by atoms with E-state index in [2.05, 4.69) is 27.7 Å². The highest BCUT2D eigenvalue weighted by molar-refractivity contribution is 5.78. The van der Waals surface area contributed by atoms with E-state index in [9.17, 15) is 4.79 Å². The van der Waals surface area contributed by atoms with Gasteiger partial charge in [-0.25, -0.2) is 0 Å². The molecule has 0 unspecified atom stereocenters. The first-order valence-corrected chi connectivity index (χ1v) is 5.80. The van der Waals surface area contributed by atoms with Crippen molar-refractivity contribution in [1.29, 1.82) is 0 Å². The van der Waals surface area contributed by atoms with E-state index in [0.29, 0.717) is 23.7 Å². The monoisotopic (exact) mass is 197 g/mol. The normalized spacial score (nSPS) is 17.9. The fourth-order valence-electron chi connectivity index (χ4n) is 2.34. The van der Waals surface area contributed by atoms with Crippen LogP contribution in [-0.2, 0) is 4.79 Å². The van der Waals surface area contributed by atoms with Crippen molar-refractivity contribution in [2.45, 2.75) is 40.5 Å². The number of hydrogen-bond acceptors (Lipinski definition) is 1. The lowest BCUT2D eigenvalue weighted by Gasteiger charge is -2.29. The van der Waals surface area contributed by atoms with Crippen molar-refractivity contribution >= 4 is 5.91 Å². The second-order valence-corrected chi connectivity index (χ2v) is 5.10. The predicted molar refractivity (Wildman–Crippen MR) is 59.0 cm³/mol. The first kappa shape index (κ1) is 11.5. The van der Waals surface area contributed by atoms with Gasteiger partial charge in [-0.3, -0.25) is 4.79 Å². The Hall–Kier alpha value is -0.530. The van der Waals surface area contributed by atoms with Gasteiger partial charge in [0, 0.05) is 19.5 Å². The van der Waals surface area contributed by atoms with Gasteiger partial charge in [0.2, 0.25) is 5.91 Å². The van der Waals surface area contributed by atoms with Gasteiger partial charge in [0.25, 0.3) is 0 Å². The summed E-state index contributed by atoms with van der Waals surface area (Å²) < 4.78 is 0. The summed E-state index contributed by atoms with van der Waals surface area (Å²) in [6.45, 7) is 11.0. The minimum Gasteiger partial charge on any atom is -0.342 e. The molecule has 2 heteroatoms. The lowest BCUT2D eigenvalue weighted by Crippen LogP contribution is -2.34. The molecule has 1 rings (SSSR count). The summed E-state index contributed by atoms with van der Waals surface area (Å²) in [5.41, 5.74) is 0. The molecule has 1 amide bonds. The van der Waals surface area contributed by atoms with Crippen LogP contribution in [0.4, 0.5) is 0 Å². The Labute approximate surface area is 87.7 Å². The van der Waals surface area contributed by atoms with Gasteiger partial charge < -0.3 is 4.90 Å². The molecule has 0 aliphatic carbocycles. The quantitative estimate of drug-likeness (QED) is 0.678. The minimum atomic E-state index is 0.358. The second-order valence-electron chi connectivity index (χ2n) is 5.10. The lowest BCUT2D eigenvalue weighted by atomic mass is 9.85. The van der Waals surface area contributed by atoms with E-state index in [1.165, 1.54) is 0 Å². The van der Waals surface area contributed by atoms with Gasteiger partial charge in [0.15, 0.2) is 0 Å². The fourth-order valence-corrected chi connectivity index (χ4v) is 2.34. The summed E-state index contributed by atoms with van der Waals surface area (Å²) in [5.74, 6) is 2.35. The van der Waals surface area contributed by atoms with Crippen LogP contribution in [-0.4, -0.2) is 23.9 Å². The third kappa shape index (κ3) is 2.73. The zero-order valence-corrected chi connectivity index (χ0v) is 9.92. The van der Waals surface area contributed by atoms with Crippen LogP contribution < -0.4 is 0 Å². The highest BCUT2D eigenvalue weighted by Gasteiger charge is 2.26. The van der Waals surface area contributed by atoms with Crippen LogP contribution in [0, 0.1) is 17.8 Å². The van der Waals surface area contributed by atoms with Gasteiger partial charge in [-0.05, 0) is 24.2 Å². The molecular weight excluding hydrogens is 174 g/mol. The zero-order valence-electron chi connectivity index (χ0n) is 9.92. The molecule has 0 atom stereocenters. The Morgan fingerprint density at radius 2 is 1.79 bits per heavy atom. The Morgan fingerprint density at radius 1 is 1.21 bits per heavy atom. The molecule has 2 nitrogen and oxygen atoms in total. The molecular formula is C12H23NO. The van der Waals surface area contributed by atoms with Crippen molar-refractivity contribution < 1.29 is 4.79 Å². The maximum Gasteiger partial charge on any atom is 0.222 e. The van der Waals surface area contributed by atoms with Crippen molar-refractivity contribution in [2.24, 2.45) is 17.8 Å². The van der Waals surface area contributed by atoms with Crippen molar-refractivity contribution in [3.05, 3.63) is 0 Å². The van der Waals surface area contributed by atoms with Crippen LogP contribution in [0.2, 0.25) is 0 Å². The van der Waals surface area contributed by atoms with Gasteiger partial charge in [-0.1, -0.05) is 27.7 Å². The molecule has 1 fully saturated rings. The largest absolute Gasteiger partial charge is 0.342 e. The molecule has 1 heterocycles. The summed E-state index contributed by atoms with van der Waals surface area (Å²) in [5, 5.41) is 0. The summed E-state index contributed by atoms with van der Waals surface area (Å²) in [4.78, 5) is 13.5. The SMILES string of the molecule is CC(C)C(CN1CCCC1=O)C(C)C. The van der Waals surface area contributed by atoms with Crippen molar-refractivity contribution in [2.75, 3.05) is 13.1 Å². The zero-order chi connectivity index (χ0) is 10.7. The topological polar surface area (TPSA) is 20.3 Å². The van der Waals surface area contributed by atoms with Crippen molar-refractivity contribution in [3.63, 3.8) is 0 Å². The highest BCUT2D eigenvalue weighted by atomic mass is 16.2. The van der Waals surface area contributed by atoms with Gasteiger partial charge in [-0.2, -0.15) is 0 Å². The molecule has 0 radical (unpaired) electrons. The minimum absolute atomic E-state index is 0.358. The average molecular weight is 197 g/mol. The number of amides is 1. The van der Waals surface area contributed by atoms with E-state index >= 15 is 0 Å². The summed E-state index contributed by atoms with van der Waals surface area (Å²) in [7, 11) is 0. The number of carbonyl (C=O) groups excluding carboxylic acids is 1. The van der Waals surface area contributed by atoms with Crippen LogP contribution >= 0.6 is 0 Å². The standard InChI is InChI=1S/C12H23NO/c1-9(2)11(10(3)4)8-13-7-5-6-12(13)14/h9-11H,5-8H2,1-4H3. The van der Waals surface area contributed by atoms with E-state index < -0.39 is 0 Å². The first-order chi connectivity index (χ1) is 6.52. The van der Waals surface area contributed by atoms with Gasteiger partial charge in [0.05, 0.1) is 0 Å². The number of hydrogen-bond donors (Lipinski definition) is 0. The maximum absolute atomic E-state index is 11.5. The van der Waals surface area contributed by atoms with Crippen LogP contribution in [0.3, 0.4) is 0 Å². The summed E-state index contributed by atoms with van der Waals surface area (Å²) in [6.07, 6.45) is 1.82. The number of nitrogens with zero attached hydrogens (tertiary/aromatic N) is 1. The van der Waals surface area contributed by atoms with Gasteiger partial charge in [0.1, 0.15) is 0 Å². The fraction of sp³-hybridized carbons (Fsp3) is 0.917. The molecule has 0 saturated carbocycles. The van der Waals surface area contributed by atoms with Crippen LogP contribution in [0.15, 0.2) is 0 Å². The van der Waals surface area contributed by atoms with Crippen molar-refractivity contribution in [3.8, 4) is 0 Å². The molecule has 1 aliphatic rings. The second kappa shape index (κ2) is 4.81. The lowest BCUT2D eigenvalue weighted by molar-refractivity contribution is -0.128. The predicted octanol–water partition coefficient (Wildman–Crippen LogP) is 2.54. The van der Waals surface area contributed by atoms with E-state index in [1.807, 2.05) is 4.90 Å². The third-order valence-electron chi connectivity index (χ3n) is 3.32. The molecule has 82 valence electrons. The first-order valence-electron chi connectivity index (χ1n) is 5.80. The Balaban J connectivity index is 2.50. The number of rotatable bonds is 4. The highest BCUT2D eigenvalue weighted by Crippen LogP contribution is 2.23. The number of likely N-dealkylation sites (tertiary alicyclic amines) is 1. The molecule has 1 aliphatic heterocycles. The molecule has 0 N–H and O–H groups in total. The smallest absolute Gasteiger partial charge is 0.222 e. The van der Waals surface area contributed by atoms with E-state index in [0.717, 1.165) is 25.9 Å². The van der Waals surface area contributed by atoms with E-state index in [4.69, 9.17) is 0 Å². The van der Waals surface area contributed by atoms with E-state index in [-0.39, 0.29) is 0 Å². The van der Waals surface area contributed by atoms with Gasteiger partial charge >= 0.3 is 0 Å². The van der Waals surface area contributed by atoms with Crippen molar-refractivity contribution in [1.82, 2.24) is 4.90 Å². The summed E-state index contributed by atoms with van der Waals surface area (Å²) in [6, 6.07) is 0. The Bertz CT molecular complexity index is 190. The molecule has 0 aromatic carbocycles. The molecule has 0 aromatic rings. The van der Waals surface area contributed by atoms with Crippen LogP contribution in [0.5, 0.6) is 0 Å². The summed E-state index contributed by atoms with van der Waals surface area (Å²) >= 11 is 0. The third-order valence-corrected chi connectivity index (χ3v) is 3.32. The average Bonchev–Trinajstić information content (AvgIpc) is 2.46.